The highest BCUT2D eigenvalue weighted by Crippen LogP contribution is 2.39. The van der Waals surface area contributed by atoms with E-state index in [9.17, 15) is 9.50 Å². The van der Waals surface area contributed by atoms with Crippen molar-refractivity contribution in [3.05, 3.63) is 29.6 Å². The van der Waals surface area contributed by atoms with Gasteiger partial charge in [-0.1, -0.05) is 18.9 Å². The van der Waals surface area contributed by atoms with Gasteiger partial charge < -0.3 is 10.0 Å². The van der Waals surface area contributed by atoms with Crippen molar-refractivity contribution < 1.29 is 9.50 Å². The van der Waals surface area contributed by atoms with Crippen molar-refractivity contribution in [3.8, 4) is 0 Å². The van der Waals surface area contributed by atoms with Crippen LogP contribution in [0, 0.1) is 11.7 Å². The van der Waals surface area contributed by atoms with Gasteiger partial charge in [0.25, 0.3) is 0 Å². The molecule has 0 amide bonds. The number of benzene rings is 1. The fourth-order valence-corrected chi connectivity index (χ4v) is 3.90. The van der Waals surface area contributed by atoms with Gasteiger partial charge in [0.15, 0.2) is 0 Å². The van der Waals surface area contributed by atoms with E-state index in [4.69, 9.17) is 0 Å². The molecule has 1 unspecified atom stereocenters. The molecule has 1 aliphatic carbocycles. The van der Waals surface area contributed by atoms with Gasteiger partial charge in [-0.05, 0) is 43.7 Å². The van der Waals surface area contributed by atoms with Gasteiger partial charge in [-0.2, -0.15) is 0 Å². The molecule has 1 aromatic carbocycles. The van der Waals surface area contributed by atoms with E-state index in [2.05, 4.69) is 4.90 Å². The van der Waals surface area contributed by atoms with Crippen molar-refractivity contribution in [3.63, 3.8) is 0 Å². The van der Waals surface area contributed by atoms with Crippen LogP contribution in [0.4, 0.5) is 10.1 Å². The number of aliphatic hydroxyl groups is 1. The second-order valence-electron chi connectivity index (χ2n) is 5.84. The Morgan fingerprint density at radius 3 is 2.68 bits per heavy atom. The minimum absolute atomic E-state index is 0.212. The summed E-state index contributed by atoms with van der Waals surface area (Å²) in [5, 5.41) is 9.44. The molecule has 3 rings (SSSR count). The van der Waals surface area contributed by atoms with Crippen LogP contribution in [0.25, 0.3) is 0 Å². The second-order valence-corrected chi connectivity index (χ2v) is 5.84. The van der Waals surface area contributed by atoms with Crippen molar-refractivity contribution in [2.24, 2.45) is 5.92 Å². The Balaban J connectivity index is 1.89. The highest BCUT2D eigenvalue weighted by Gasteiger charge is 2.34. The van der Waals surface area contributed by atoms with Gasteiger partial charge in [0.2, 0.25) is 0 Å². The first-order valence-corrected chi connectivity index (χ1v) is 7.46. The molecule has 0 aromatic heterocycles. The molecule has 19 heavy (non-hydrogen) atoms. The summed E-state index contributed by atoms with van der Waals surface area (Å²) < 4.78 is 13.8. The molecular weight excluding hydrogens is 241 g/mol. The van der Waals surface area contributed by atoms with Gasteiger partial charge in [0, 0.05) is 23.8 Å². The SMILES string of the molecule is OCc1c(F)cccc1N1CCCC1C1CCCC1. The van der Waals surface area contributed by atoms with E-state index >= 15 is 0 Å². The van der Waals surface area contributed by atoms with Crippen LogP contribution in [0.3, 0.4) is 0 Å². The molecular formula is C16H22FNO. The molecule has 1 aromatic rings. The summed E-state index contributed by atoms with van der Waals surface area (Å²) in [7, 11) is 0. The van der Waals surface area contributed by atoms with Gasteiger partial charge in [-0.15, -0.1) is 0 Å². The second kappa shape index (κ2) is 5.49. The minimum atomic E-state index is -0.280. The van der Waals surface area contributed by atoms with Crippen LogP contribution in [0.15, 0.2) is 18.2 Å². The van der Waals surface area contributed by atoms with Crippen LogP contribution in [-0.2, 0) is 6.61 Å². The van der Waals surface area contributed by atoms with Crippen molar-refractivity contribution in [1.82, 2.24) is 0 Å². The predicted molar refractivity (Wildman–Crippen MR) is 74.6 cm³/mol. The summed E-state index contributed by atoms with van der Waals surface area (Å²) in [6, 6.07) is 5.71. The fourth-order valence-electron chi connectivity index (χ4n) is 3.90. The van der Waals surface area contributed by atoms with Crippen molar-refractivity contribution >= 4 is 5.69 Å². The third kappa shape index (κ3) is 2.36. The molecule has 2 aliphatic rings. The topological polar surface area (TPSA) is 23.5 Å². The van der Waals surface area contributed by atoms with Crippen molar-refractivity contribution in [1.29, 1.82) is 0 Å². The minimum Gasteiger partial charge on any atom is -0.391 e. The molecule has 1 saturated heterocycles. The zero-order valence-electron chi connectivity index (χ0n) is 11.3. The molecule has 3 heteroatoms. The predicted octanol–water partition coefficient (Wildman–Crippen LogP) is 3.48. The van der Waals surface area contributed by atoms with Crippen LogP contribution in [0.1, 0.15) is 44.1 Å². The van der Waals surface area contributed by atoms with E-state index in [-0.39, 0.29) is 12.4 Å². The molecule has 0 spiro atoms. The van der Waals surface area contributed by atoms with E-state index in [1.165, 1.54) is 44.6 Å². The molecule has 104 valence electrons. The molecule has 1 saturated carbocycles. The van der Waals surface area contributed by atoms with Crippen LogP contribution >= 0.6 is 0 Å². The Labute approximate surface area is 114 Å². The lowest BCUT2D eigenvalue weighted by molar-refractivity contribution is 0.275. The number of anilines is 1. The van der Waals surface area contributed by atoms with Gasteiger partial charge >= 0.3 is 0 Å². The molecule has 0 bridgehead atoms. The number of hydrogen-bond acceptors (Lipinski definition) is 2. The zero-order chi connectivity index (χ0) is 13.2. The van der Waals surface area contributed by atoms with Gasteiger partial charge in [0.1, 0.15) is 5.82 Å². The first kappa shape index (κ1) is 12.9. The number of rotatable bonds is 3. The van der Waals surface area contributed by atoms with Gasteiger partial charge in [0.05, 0.1) is 6.61 Å². The largest absolute Gasteiger partial charge is 0.391 e. The molecule has 1 N–H and O–H groups in total. The van der Waals surface area contributed by atoms with E-state index in [1.807, 2.05) is 6.07 Å². The van der Waals surface area contributed by atoms with E-state index in [1.54, 1.807) is 6.07 Å². The maximum Gasteiger partial charge on any atom is 0.130 e. The number of aliphatic hydroxyl groups excluding tert-OH is 1. The Morgan fingerprint density at radius 2 is 1.95 bits per heavy atom. The molecule has 2 fully saturated rings. The van der Waals surface area contributed by atoms with Crippen molar-refractivity contribution in [2.75, 3.05) is 11.4 Å². The van der Waals surface area contributed by atoms with E-state index in [0.717, 1.165) is 18.2 Å². The van der Waals surface area contributed by atoms with Crippen LogP contribution in [0.5, 0.6) is 0 Å². The highest BCUT2D eigenvalue weighted by molar-refractivity contribution is 5.55. The summed E-state index contributed by atoms with van der Waals surface area (Å²) >= 11 is 0. The third-order valence-corrected chi connectivity index (χ3v) is 4.80. The monoisotopic (exact) mass is 263 g/mol. The lowest BCUT2D eigenvalue weighted by atomic mass is 9.95. The van der Waals surface area contributed by atoms with Gasteiger partial charge in [-0.25, -0.2) is 4.39 Å². The number of nitrogens with zero attached hydrogens (tertiary/aromatic N) is 1. The molecule has 1 atom stereocenters. The Hall–Kier alpha value is -1.09. The van der Waals surface area contributed by atoms with Gasteiger partial charge in [-0.3, -0.25) is 0 Å². The summed E-state index contributed by atoms with van der Waals surface area (Å²) in [6.45, 7) is 0.785. The van der Waals surface area contributed by atoms with E-state index in [0.29, 0.717) is 11.6 Å². The van der Waals surface area contributed by atoms with Crippen molar-refractivity contribution in [2.45, 2.75) is 51.2 Å². The quantitative estimate of drug-likeness (QED) is 0.902. The highest BCUT2D eigenvalue weighted by atomic mass is 19.1. The number of halogens is 1. The fraction of sp³-hybridized carbons (Fsp3) is 0.625. The Kier molecular flexibility index (Phi) is 3.74. The standard InChI is InChI=1S/C16H22FNO/c17-14-7-3-8-16(13(14)11-19)18-10-4-9-15(18)12-5-1-2-6-12/h3,7-8,12,15,19H,1-2,4-6,9-11H2. The third-order valence-electron chi connectivity index (χ3n) is 4.80. The zero-order valence-corrected chi connectivity index (χ0v) is 11.3. The number of hydrogen-bond donors (Lipinski definition) is 1. The molecule has 1 heterocycles. The first-order chi connectivity index (χ1) is 9.31. The maximum absolute atomic E-state index is 13.8. The molecule has 2 nitrogen and oxygen atoms in total. The summed E-state index contributed by atoms with van der Waals surface area (Å²) in [4.78, 5) is 2.35. The maximum atomic E-state index is 13.8. The van der Waals surface area contributed by atoms with Crippen LogP contribution in [0.2, 0.25) is 0 Å². The smallest absolute Gasteiger partial charge is 0.130 e. The lowest BCUT2D eigenvalue weighted by Crippen LogP contribution is -2.35. The first-order valence-electron chi connectivity index (χ1n) is 7.46. The van der Waals surface area contributed by atoms with E-state index < -0.39 is 0 Å². The Bertz CT molecular complexity index is 442. The van der Waals surface area contributed by atoms with Crippen LogP contribution in [-0.4, -0.2) is 17.7 Å². The summed E-state index contributed by atoms with van der Waals surface area (Å²) in [6.07, 6.45) is 7.69. The summed E-state index contributed by atoms with van der Waals surface area (Å²) in [5.74, 6) is 0.481. The summed E-state index contributed by atoms with van der Waals surface area (Å²) in [5.41, 5.74) is 1.38. The molecule has 1 aliphatic heterocycles. The van der Waals surface area contributed by atoms with Crippen LogP contribution < -0.4 is 4.90 Å². The average Bonchev–Trinajstić information content (AvgIpc) is 3.09. The molecule has 0 radical (unpaired) electrons. The normalized spacial score (nSPS) is 24.3. The average molecular weight is 263 g/mol. The lowest BCUT2D eigenvalue weighted by Gasteiger charge is -2.32. The Morgan fingerprint density at radius 1 is 1.16 bits per heavy atom.